The van der Waals surface area contributed by atoms with E-state index in [1.807, 2.05) is 6.92 Å². The van der Waals surface area contributed by atoms with E-state index in [0.29, 0.717) is 51.7 Å². The summed E-state index contributed by atoms with van der Waals surface area (Å²) in [7, 11) is 1.33. The van der Waals surface area contributed by atoms with Crippen molar-refractivity contribution in [3.8, 4) is 28.5 Å². The minimum Gasteiger partial charge on any atom is -0.479 e. The molecule has 5 rings (SSSR count). The quantitative estimate of drug-likeness (QED) is 0.277. The summed E-state index contributed by atoms with van der Waals surface area (Å²) in [6.07, 6.45) is 8.46. The molecule has 0 aromatic carbocycles. The van der Waals surface area contributed by atoms with Crippen LogP contribution in [0.3, 0.4) is 0 Å². The fraction of sp³-hybridized carbons (Fsp3) is 0.346. The zero-order valence-electron chi connectivity index (χ0n) is 21.3. The van der Waals surface area contributed by atoms with Crippen molar-refractivity contribution in [2.75, 3.05) is 17.7 Å². The van der Waals surface area contributed by atoms with Gasteiger partial charge < -0.3 is 20.5 Å². The number of alkyl halides is 2. The van der Waals surface area contributed by atoms with Crippen molar-refractivity contribution in [1.29, 1.82) is 0 Å². The Bertz CT molecular complexity index is 1450. The topological polar surface area (TPSA) is 123 Å². The fourth-order valence-corrected chi connectivity index (χ4v) is 4.44. The summed E-state index contributed by atoms with van der Waals surface area (Å²) in [5.41, 5.74) is 1.22. The van der Waals surface area contributed by atoms with Crippen LogP contribution in [0, 0.1) is 5.82 Å². The van der Waals surface area contributed by atoms with Gasteiger partial charge in [-0.05, 0) is 50.8 Å². The third-order valence-corrected chi connectivity index (χ3v) is 6.58. The highest BCUT2D eigenvalue weighted by Gasteiger charge is 2.29. The molecule has 0 unspecified atom stereocenters. The number of pyridine rings is 2. The van der Waals surface area contributed by atoms with E-state index in [9.17, 15) is 18.3 Å². The molecule has 13 heteroatoms. The van der Waals surface area contributed by atoms with Crippen molar-refractivity contribution >= 4 is 17.3 Å². The standard InChI is InChI=1S/C26H27F3N8O2/c1-26(38)7-3-16(4-8-26)33-20-12-22(31-14-17(20)19-6-10-37(36-19)25(28)29)34-21-5-9-30-23(35-21)15-11-18(27)24(39-2)32-13-15/h5-6,9-14,16,25,38H,3-4,7-8H2,1-2H3,(H2,30,31,33,34,35). The maximum absolute atomic E-state index is 14.1. The molecule has 0 bridgehead atoms. The highest BCUT2D eigenvalue weighted by atomic mass is 19.3. The predicted octanol–water partition coefficient (Wildman–Crippen LogP) is 5.19. The maximum atomic E-state index is 14.1. The Balaban J connectivity index is 1.42. The van der Waals surface area contributed by atoms with E-state index in [-0.39, 0.29) is 17.7 Å². The van der Waals surface area contributed by atoms with Gasteiger partial charge in [-0.15, -0.1) is 0 Å². The van der Waals surface area contributed by atoms with E-state index >= 15 is 0 Å². The van der Waals surface area contributed by atoms with Crippen LogP contribution in [0.4, 0.5) is 30.5 Å². The molecule has 0 saturated heterocycles. The van der Waals surface area contributed by atoms with Gasteiger partial charge in [0, 0.05) is 53.7 Å². The van der Waals surface area contributed by atoms with Gasteiger partial charge in [0.25, 0.3) is 0 Å². The van der Waals surface area contributed by atoms with Crippen molar-refractivity contribution < 1.29 is 23.0 Å². The molecule has 0 atom stereocenters. The van der Waals surface area contributed by atoms with E-state index in [0.717, 1.165) is 12.8 Å². The van der Waals surface area contributed by atoms with Crippen LogP contribution in [0.25, 0.3) is 22.6 Å². The zero-order chi connectivity index (χ0) is 27.6. The highest BCUT2D eigenvalue weighted by Crippen LogP contribution is 2.34. The molecule has 0 aliphatic heterocycles. The van der Waals surface area contributed by atoms with E-state index in [2.05, 4.69) is 35.7 Å². The number of anilines is 3. The number of ether oxygens (including phenoxy) is 1. The second kappa shape index (κ2) is 10.8. The number of hydrogen-bond donors (Lipinski definition) is 3. The third-order valence-electron chi connectivity index (χ3n) is 6.58. The Kier molecular flexibility index (Phi) is 7.33. The summed E-state index contributed by atoms with van der Waals surface area (Å²) in [6.45, 7) is -0.933. The molecule has 39 heavy (non-hydrogen) atoms. The molecule has 4 aromatic heterocycles. The molecule has 1 aliphatic carbocycles. The number of rotatable bonds is 8. The molecule has 1 saturated carbocycles. The minimum atomic E-state index is -2.76. The summed E-state index contributed by atoms with van der Waals surface area (Å²) < 4.78 is 45.9. The van der Waals surface area contributed by atoms with Gasteiger partial charge in [-0.1, -0.05) is 0 Å². The van der Waals surface area contributed by atoms with Crippen LogP contribution in [0.1, 0.15) is 39.2 Å². The molecule has 4 aromatic rings. The molecule has 1 aliphatic rings. The summed E-state index contributed by atoms with van der Waals surface area (Å²) in [5, 5.41) is 20.9. The molecule has 0 spiro atoms. The predicted molar refractivity (Wildman–Crippen MR) is 138 cm³/mol. The Morgan fingerprint density at radius 3 is 2.59 bits per heavy atom. The molecule has 3 N–H and O–H groups in total. The fourth-order valence-electron chi connectivity index (χ4n) is 4.44. The number of hydrogen-bond acceptors (Lipinski definition) is 9. The first-order chi connectivity index (χ1) is 18.7. The van der Waals surface area contributed by atoms with Gasteiger partial charge in [-0.2, -0.15) is 13.9 Å². The SMILES string of the molecule is COc1ncc(-c2nccc(Nc3cc(NC4CCC(C)(O)CC4)c(-c4ccn(C(F)F)n4)cn3)n2)cc1F. The lowest BCUT2D eigenvalue weighted by Crippen LogP contribution is -2.35. The van der Waals surface area contributed by atoms with E-state index in [4.69, 9.17) is 4.74 Å². The van der Waals surface area contributed by atoms with Gasteiger partial charge in [0.1, 0.15) is 11.6 Å². The first-order valence-electron chi connectivity index (χ1n) is 12.3. The van der Waals surface area contributed by atoms with Crippen LogP contribution in [0.5, 0.6) is 5.88 Å². The Morgan fingerprint density at radius 1 is 1.10 bits per heavy atom. The van der Waals surface area contributed by atoms with Gasteiger partial charge in [-0.25, -0.2) is 29.0 Å². The Morgan fingerprint density at radius 2 is 1.90 bits per heavy atom. The van der Waals surface area contributed by atoms with Crippen LogP contribution in [0.15, 0.2) is 49.1 Å². The monoisotopic (exact) mass is 540 g/mol. The molecule has 0 amide bonds. The Labute approximate surface area is 222 Å². The van der Waals surface area contributed by atoms with Gasteiger partial charge >= 0.3 is 6.55 Å². The summed E-state index contributed by atoms with van der Waals surface area (Å²) in [6, 6.07) is 6.19. The zero-order valence-corrected chi connectivity index (χ0v) is 21.3. The number of aliphatic hydroxyl groups is 1. The average Bonchev–Trinajstić information content (AvgIpc) is 3.41. The molecular formula is C26H27F3N8O2. The summed E-state index contributed by atoms with van der Waals surface area (Å²) >= 11 is 0. The number of methoxy groups -OCH3 is 1. The summed E-state index contributed by atoms with van der Waals surface area (Å²) in [5.74, 6) is 0.315. The lowest BCUT2D eigenvalue weighted by Gasteiger charge is -2.34. The second-order valence-corrected chi connectivity index (χ2v) is 9.59. The highest BCUT2D eigenvalue weighted by molar-refractivity contribution is 5.78. The van der Waals surface area contributed by atoms with Crippen LogP contribution in [0.2, 0.25) is 0 Å². The van der Waals surface area contributed by atoms with Crippen molar-refractivity contribution in [2.45, 2.75) is 50.8 Å². The number of nitrogens with zero attached hydrogens (tertiary/aromatic N) is 6. The smallest absolute Gasteiger partial charge is 0.333 e. The number of halogens is 3. The van der Waals surface area contributed by atoms with Crippen molar-refractivity contribution in [3.05, 3.63) is 54.9 Å². The molecule has 204 valence electrons. The third kappa shape index (κ3) is 6.08. The van der Waals surface area contributed by atoms with E-state index in [1.165, 1.54) is 37.8 Å². The van der Waals surface area contributed by atoms with Gasteiger partial charge in [-0.3, -0.25) is 0 Å². The minimum absolute atomic E-state index is 0.0690. The first-order valence-corrected chi connectivity index (χ1v) is 12.3. The number of aromatic nitrogens is 6. The Hall–Kier alpha value is -4.26. The first kappa shape index (κ1) is 26.4. The number of nitrogens with one attached hydrogen (secondary N) is 2. The molecule has 1 fully saturated rings. The molecule has 0 radical (unpaired) electrons. The maximum Gasteiger partial charge on any atom is 0.333 e. The van der Waals surface area contributed by atoms with E-state index in [1.54, 1.807) is 18.3 Å². The van der Waals surface area contributed by atoms with Crippen molar-refractivity contribution in [2.24, 2.45) is 0 Å². The van der Waals surface area contributed by atoms with Crippen molar-refractivity contribution in [3.63, 3.8) is 0 Å². The lowest BCUT2D eigenvalue weighted by molar-refractivity contribution is 0.0196. The van der Waals surface area contributed by atoms with Crippen LogP contribution < -0.4 is 15.4 Å². The summed E-state index contributed by atoms with van der Waals surface area (Å²) in [4.78, 5) is 17.0. The van der Waals surface area contributed by atoms with Crippen LogP contribution >= 0.6 is 0 Å². The second-order valence-electron chi connectivity index (χ2n) is 9.59. The molecule has 10 nitrogen and oxygen atoms in total. The van der Waals surface area contributed by atoms with E-state index < -0.39 is 18.0 Å². The largest absolute Gasteiger partial charge is 0.479 e. The van der Waals surface area contributed by atoms with Gasteiger partial charge in [0.2, 0.25) is 5.88 Å². The molecule has 4 heterocycles. The lowest BCUT2D eigenvalue weighted by atomic mass is 9.83. The average molecular weight is 541 g/mol. The normalized spacial score (nSPS) is 19.2. The van der Waals surface area contributed by atoms with Gasteiger partial charge in [0.15, 0.2) is 11.6 Å². The van der Waals surface area contributed by atoms with Crippen molar-refractivity contribution in [1.82, 2.24) is 29.7 Å². The van der Waals surface area contributed by atoms with Gasteiger partial charge in [0.05, 0.1) is 18.4 Å². The molecular weight excluding hydrogens is 513 g/mol. The van der Waals surface area contributed by atoms with Crippen LogP contribution in [-0.2, 0) is 0 Å². The van der Waals surface area contributed by atoms with Crippen LogP contribution in [-0.4, -0.2) is 53.6 Å².